The van der Waals surface area contributed by atoms with Gasteiger partial charge >= 0.3 is 0 Å². The van der Waals surface area contributed by atoms with Gasteiger partial charge in [-0.15, -0.1) is 0 Å². The molecule has 0 aromatic heterocycles. The second-order valence-corrected chi connectivity index (χ2v) is 4.26. The van der Waals surface area contributed by atoms with Crippen LogP contribution < -0.4 is 5.32 Å². The smallest absolute Gasteiger partial charge is 0.221 e. The summed E-state index contributed by atoms with van der Waals surface area (Å²) in [6.07, 6.45) is 2.39. The third-order valence-electron chi connectivity index (χ3n) is 2.65. The number of rotatable bonds is 1. The summed E-state index contributed by atoms with van der Waals surface area (Å²) in [4.78, 5) is 23.0. The van der Waals surface area contributed by atoms with Gasteiger partial charge in [0, 0.05) is 32.6 Å². The lowest BCUT2D eigenvalue weighted by Crippen LogP contribution is -2.24. The maximum absolute atomic E-state index is 10.6. The standard InChI is InChI=1S/C8H9NO.C6H11NO/c1-7(10)9-8-5-3-2-4-6-8;1-6(8)7-4-2-3-5-7/h2-6H,1H3,(H,9,10);2-5H2,1H3. The van der Waals surface area contributed by atoms with Crippen LogP contribution in [0.5, 0.6) is 0 Å². The molecule has 1 aliphatic heterocycles. The Morgan fingerprint density at radius 1 is 1.06 bits per heavy atom. The third kappa shape index (κ3) is 5.48. The maximum Gasteiger partial charge on any atom is 0.221 e. The first-order valence-corrected chi connectivity index (χ1v) is 6.17. The molecule has 2 rings (SSSR count). The predicted molar refractivity (Wildman–Crippen MR) is 72.2 cm³/mol. The quantitative estimate of drug-likeness (QED) is 0.829. The summed E-state index contributed by atoms with van der Waals surface area (Å²) in [5.41, 5.74) is 0.843. The van der Waals surface area contributed by atoms with Gasteiger partial charge in [0.15, 0.2) is 0 Å². The van der Waals surface area contributed by atoms with Gasteiger partial charge < -0.3 is 10.2 Å². The third-order valence-corrected chi connectivity index (χ3v) is 2.65. The molecule has 4 nitrogen and oxygen atoms in total. The van der Waals surface area contributed by atoms with E-state index in [-0.39, 0.29) is 11.8 Å². The van der Waals surface area contributed by atoms with Crippen molar-refractivity contribution in [2.45, 2.75) is 26.7 Å². The first kappa shape index (κ1) is 14.2. The molecule has 98 valence electrons. The fourth-order valence-electron chi connectivity index (χ4n) is 1.76. The minimum absolute atomic E-state index is 0.0359. The van der Waals surface area contributed by atoms with E-state index in [2.05, 4.69) is 5.32 Å². The SMILES string of the molecule is CC(=O)N1CCCC1.CC(=O)Nc1ccccc1. The van der Waals surface area contributed by atoms with Crippen molar-refractivity contribution in [2.75, 3.05) is 18.4 Å². The summed E-state index contributed by atoms with van der Waals surface area (Å²) in [5, 5.41) is 2.67. The summed E-state index contributed by atoms with van der Waals surface area (Å²) in [7, 11) is 0. The summed E-state index contributed by atoms with van der Waals surface area (Å²) >= 11 is 0. The first-order chi connectivity index (χ1) is 8.59. The van der Waals surface area contributed by atoms with Crippen LogP contribution in [0, 0.1) is 0 Å². The zero-order valence-electron chi connectivity index (χ0n) is 11.0. The molecule has 1 heterocycles. The average Bonchev–Trinajstić information content (AvgIpc) is 2.84. The molecule has 1 aromatic rings. The summed E-state index contributed by atoms with van der Waals surface area (Å²) in [6.45, 7) is 5.09. The van der Waals surface area contributed by atoms with E-state index in [1.165, 1.54) is 19.8 Å². The van der Waals surface area contributed by atoms with Crippen molar-refractivity contribution in [3.05, 3.63) is 30.3 Å². The molecule has 1 aliphatic rings. The molecule has 1 fully saturated rings. The highest BCUT2D eigenvalue weighted by Crippen LogP contribution is 2.06. The van der Waals surface area contributed by atoms with Crippen LogP contribution >= 0.6 is 0 Å². The van der Waals surface area contributed by atoms with Crippen molar-refractivity contribution in [1.29, 1.82) is 0 Å². The highest BCUT2D eigenvalue weighted by molar-refractivity contribution is 5.88. The Kier molecular flexibility index (Phi) is 5.91. The minimum Gasteiger partial charge on any atom is -0.343 e. The molecule has 0 aliphatic carbocycles. The van der Waals surface area contributed by atoms with E-state index >= 15 is 0 Å². The summed E-state index contributed by atoms with van der Waals surface area (Å²) in [5.74, 6) is 0.189. The molecule has 18 heavy (non-hydrogen) atoms. The second kappa shape index (κ2) is 7.48. The van der Waals surface area contributed by atoms with Crippen LogP contribution in [0.25, 0.3) is 0 Å². The van der Waals surface area contributed by atoms with Crippen LogP contribution in [0.1, 0.15) is 26.7 Å². The summed E-state index contributed by atoms with van der Waals surface area (Å²) < 4.78 is 0. The van der Waals surface area contributed by atoms with Crippen molar-refractivity contribution in [2.24, 2.45) is 0 Å². The van der Waals surface area contributed by atoms with Crippen molar-refractivity contribution >= 4 is 17.5 Å². The second-order valence-electron chi connectivity index (χ2n) is 4.26. The van der Waals surface area contributed by atoms with Gasteiger partial charge in [0.2, 0.25) is 11.8 Å². The highest BCUT2D eigenvalue weighted by atomic mass is 16.2. The average molecular weight is 248 g/mol. The van der Waals surface area contributed by atoms with Crippen molar-refractivity contribution in [1.82, 2.24) is 4.90 Å². The normalized spacial score (nSPS) is 13.6. The number of anilines is 1. The fourth-order valence-corrected chi connectivity index (χ4v) is 1.76. The molecule has 1 aromatic carbocycles. The molecular formula is C14H20N2O2. The number of benzene rings is 1. The number of nitrogens with zero attached hydrogens (tertiary/aromatic N) is 1. The molecule has 0 saturated carbocycles. The van der Waals surface area contributed by atoms with E-state index in [4.69, 9.17) is 0 Å². The zero-order chi connectivity index (χ0) is 13.4. The lowest BCUT2D eigenvalue weighted by Gasteiger charge is -2.10. The van der Waals surface area contributed by atoms with Crippen LogP contribution in [-0.4, -0.2) is 29.8 Å². The Bertz CT molecular complexity index is 384. The molecular weight excluding hydrogens is 228 g/mol. The van der Waals surface area contributed by atoms with Crippen molar-refractivity contribution < 1.29 is 9.59 Å². The number of carbonyl (C=O) groups is 2. The van der Waals surface area contributed by atoms with E-state index < -0.39 is 0 Å². The summed E-state index contributed by atoms with van der Waals surface area (Å²) in [6, 6.07) is 9.37. The largest absolute Gasteiger partial charge is 0.343 e. The monoisotopic (exact) mass is 248 g/mol. The van der Waals surface area contributed by atoms with Gasteiger partial charge in [-0.3, -0.25) is 9.59 Å². The maximum atomic E-state index is 10.6. The molecule has 1 saturated heterocycles. The van der Waals surface area contributed by atoms with Crippen LogP contribution in [0.4, 0.5) is 5.69 Å². The first-order valence-electron chi connectivity index (χ1n) is 6.17. The molecule has 0 unspecified atom stereocenters. The van der Waals surface area contributed by atoms with Gasteiger partial charge in [-0.25, -0.2) is 0 Å². The molecule has 4 heteroatoms. The number of carbonyl (C=O) groups excluding carboxylic acids is 2. The molecule has 0 radical (unpaired) electrons. The predicted octanol–water partition coefficient (Wildman–Crippen LogP) is 2.27. The Balaban J connectivity index is 0.000000184. The van der Waals surface area contributed by atoms with Crippen LogP contribution in [0.15, 0.2) is 30.3 Å². The number of para-hydroxylation sites is 1. The molecule has 0 bridgehead atoms. The Hall–Kier alpha value is -1.84. The number of nitrogens with one attached hydrogen (secondary N) is 1. The van der Waals surface area contributed by atoms with Crippen LogP contribution in [0.3, 0.4) is 0 Å². The van der Waals surface area contributed by atoms with Crippen molar-refractivity contribution in [3.8, 4) is 0 Å². The number of hydrogen-bond donors (Lipinski definition) is 1. The van der Waals surface area contributed by atoms with Gasteiger partial charge in [0.1, 0.15) is 0 Å². The van der Waals surface area contributed by atoms with E-state index in [9.17, 15) is 9.59 Å². The lowest BCUT2D eigenvalue weighted by molar-refractivity contribution is -0.127. The van der Waals surface area contributed by atoms with Crippen LogP contribution in [0.2, 0.25) is 0 Å². The van der Waals surface area contributed by atoms with E-state index in [1.54, 1.807) is 6.92 Å². The molecule has 2 amide bonds. The molecule has 1 N–H and O–H groups in total. The lowest BCUT2D eigenvalue weighted by atomic mass is 10.3. The van der Waals surface area contributed by atoms with E-state index in [1.807, 2.05) is 35.2 Å². The topological polar surface area (TPSA) is 49.4 Å². The van der Waals surface area contributed by atoms with E-state index in [0.29, 0.717) is 0 Å². The van der Waals surface area contributed by atoms with Gasteiger partial charge in [0.25, 0.3) is 0 Å². The molecule has 0 atom stereocenters. The van der Waals surface area contributed by atoms with Gasteiger partial charge in [-0.2, -0.15) is 0 Å². The van der Waals surface area contributed by atoms with E-state index in [0.717, 1.165) is 18.8 Å². The Labute approximate surface area is 108 Å². The minimum atomic E-state index is -0.0359. The molecule has 0 spiro atoms. The van der Waals surface area contributed by atoms with Crippen LogP contribution in [-0.2, 0) is 9.59 Å². The number of hydrogen-bond acceptors (Lipinski definition) is 2. The Morgan fingerprint density at radius 3 is 2.00 bits per heavy atom. The zero-order valence-corrected chi connectivity index (χ0v) is 11.0. The van der Waals surface area contributed by atoms with Crippen molar-refractivity contribution in [3.63, 3.8) is 0 Å². The fraction of sp³-hybridized carbons (Fsp3) is 0.429. The van der Waals surface area contributed by atoms with Gasteiger partial charge in [0.05, 0.1) is 0 Å². The number of amides is 2. The van der Waals surface area contributed by atoms with Gasteiger partial charge in [-0.05, 0) is 25.0 Å². The number of likely N-dealkylation sites (tertiary alicyclic amines) is 1. The van der Waals surface area contributed by atoms with Gasteiger partial charge in [-0.1, -0.05) is 18.2 Å². The highest BCUT2D eigenvalue weighted by Gasteiger charge is 2.12. The Morgan fingerprint density at radius 2 is 1.61 bits per heavy atom.